The zero-order chi connectivity index (χ0) is 25.7. The Morgan fingerprint density at radius 2 is 1.63 bits per heavy atom. The summed E-state index contributed by atoms with van der Waals surface area (Å²) in [5.41, 5.74) is -0.294. The minimum atomic E-state index is -1.50. The Balaban J connectivity index is 1.55. The Hall–Kier alpha value is -2.81. The third-order valence-electron chi connectivity index (χ3n) is 5.58. The Labute approximate surface area is 212 Å². The number of nitrogens with one attached hydrogen (secondary N) is 2. The molecule has 4 rings (SSSR count). The number of alkyl halides is 2. The van der Waals surface area contributed by atoms with Crippen LogP contribution in [0.2, 0.25) is 5.02 Å². The number of benzene rings is 3. The lowest BCUT2D eigenvalue weighted by Gasteiger charge is -2.12. The molecule has 0 heterocycles. The molecule has 3 aromatic rings. The van der Waals surface area contributed by atoms with Gasteiger partial charge in [-0.15, -0.1) is 23.2 Å². The van der Waals surface area contributed by atoms with Crippen molar-refractivity contribution in [1.82, 2.24) is 0 Å². The van der Waals surface area contributed by atoms with E-state index in [1.807, 2.05) is 0 Å². The fourth-order valence-electron chi connectivity index (χ4n) is 3.78. The average Bonchev–Trinajstić information content (AvgIpc) is 3.36. The first kappa shape index (κ1) is 25.3. The van der Waals surface area contributed by atoms with Gasteiger partial charge in [0.05, 0.1) is 22.2 Å². The molecule has 11 heteroatoms. The molecule has 0 bridgehead atoms. The maximum Gasteiger partial charge on any atom is 0.258 e. The number of carbonyl (C=O) groups is 2. The Bertz CT molecular complexity index is 1370. The van der Waals surface area contributed by atoms with Crippen molar-refractivity contribution in [2.24, 2.45) is 5.92 Å². The summed E-state index contributed by atoms with van der Waals surface area (Å²) in [5.74, 6) is -6.68. The van der Waals surface area contributed by atoms with Crippen LogP contribution in [-0.4, -0.2) is 16.1 Å². The highest BCUT2D eigenvalue weighted by atomic mass is 35.5. The van der Waals surface area contributed by atoms with Crippen LogP contribution in [0.25, 0.3) is 0 Å². The third kappa shape index (κ3) is 4.96. The molecule has 0 aliphatic heterocycles. The second kappa shape index (κ2) is 9.33. The molecule has 1 aliphatic rings. The number of rotatable bonds is 5. The van der Waals surface area contributed by atoms with Gasteiger partial charge < -0.3 is 10.6 Å². The molecule has 1 saturated carbocycles. The number of anilines is 2. The van der Waals surface area contributed by atoms with Gasteiger partial charge in [0, 0.05) is 17.7 Å². The monoisotopic (exact) mass is 544 g/mol. The van der Waals surface area contributed by atoms with Crippen molar-refractivity contribution in [1.29, 1.82) is 0 Å². The lowest BCUT2D eigenvalue weighted by atomic mass is 10.1. The van der Waals surface area contributed by atoms with Gasteiger partial charge in [-0.3, -0.25) is 9.59 Å². The quantitative estimate of drug-likeness (QED) is 0.268. The topological polar surface area (TPSA) is 58.2 Å². The number of hydrogen-bond donors (Lipinski definition) is 2. The summed E-state index contributed by atoms with van der Waals surface area (Å²) < 4.78 is 53.7. The molecule has 1 fully saturated rings. The van der Waals surface area contributed by atoms with Crippen LogP contribution in [-0.2, 0) is 4.79 Å². The Morgan fingerprint density at radius 1 is 0.914 bits per heavy atom. The lowest BCUT2D eigenvalue weighted by molar-refractivity contribution is -0.117. The first-order valence-electron chi connectivity index (χ1n) is 10.1. The second-order valence-electron chi connectivity index (χ2n) is 8.03. The SMILES string of the molecule is Cc1cc(NC(=O)C2C(c3ccc(F)c(Cl)c3)C2(Cl)Cl)cc(C(=O)Nc2ccc(F)cc2F)c1F. The molecule has 2 N–H and O–H groups in total. The van der Waals surface area contributed by atoms with E-state index in [1.165, 1.54) is 25.1 Å². The minimum absolute atomic E-state index is 0.0215. The molecule has 2 unspecified atom stereocenters. The highest BCUT2D eigenvalue weighted by molar-refractivity contribution is 6.53. The summed E-state index contributed by atoms with van der Waals surface area (Å²) >= 11 is 18.4. The van der Waals surface area contributed by atoms with Gasteiger partial charge in [-0.2, -0.15) is 0 Å². The molecule has 3 aromatic carbocycles. The van der Waals surface area contributed by atoms with Gasteiger partial charge in [-0.1, -0.05) is 17.7 Å². The van der Waals surface area contributed by atoms with E-state index in [-0.39, 0.29) is 22.0 Å². The summed E-state index contributed by atoms with van der Waals surface area (Å²) in [6.07, 6.45) is 0. The van der Waals surface area contributed by atoms with Crippen LogP contribution in [0.4, 0.5) is 28.9 Å². The second-order valence-corrected chi connectivity index (χ2v) is 9.88. The van der Waals surface area contributed by atoms with Crippen LogP contribution in [0.1, 0.15) is 27.4 Å². The van der Waals surface area contributed by atoms with Gasteiger partial charge in [-0.25, -0.2) is 17.6 Å². The molecule has 4 nitrogen and oxygen atoms in total. The van der Waals surface area contributed by atoms with E-state index in [9.17, 15) is 27.2 Å². The van der Waals surface area contributed by atoms with Crippen molar-refractivity contribution < 1.29 is 27.2 Å². The number of carbonyl (C=O) groups excluding carboxylic acids is 2. The summed E-state index contributed by atoms with van der Waals surface area (Å²) in [6, 6.07) is 8.72. The number of amides is 2. The highest BCUT2D eigenvalue weighted by Crippen LogP contribution is 2.65. The van der Waals surface area contributed by atoms with Crippen molar-refractivity contribution in [3.8, 4) is 0 Å². The summed E-state index contributed by atoms with van der Waals surface area (Å²) in [5, 5.41) is 4.56. The van der Waals surface area contributed by atoms with Gasteiger partial charge >= 0.3 is 0 Å². The number of halogens is 7. The van der Waals surface area contributed by atoms with E-state index in [0.29, 0.717) is 11.6 Å². The van der Waals surface area contributed by atoms with Crippen LogP contribution in [0, 0.1) is 36.1 Å². The summed E-state index contributed by atoms with van der Waals surface area (Å²) in [7, 11) is 0. The minimum Gasteiger partial charge on any atom is -0.326 e. The van der Waals surface area contributed by atoms with Gasteiger partial charge in [0.25, 0.3) is 5.91 Å². The molecule has 0 saturated heterocycles. The van der Waals surface area contributed by atoms with Gasteiger partial charge in [0.15, 0.2) is 0 Å². The van der Waals surface area contributed by atoms with Crippen molar-refractivity contribution in [3.63, 3.8) is 0 Å². The third-order valence-corrected chi connectivity index (χ3v) is 6.81. The van der Waals surface area contributed by atoms with E-state index in [1.54, 1.807) is 0 Å². The fourth-order valence-corrected chi connectivity index (χ4v) is 4.80. The van der Waals surface area contributed by atoms with Crippen molar-refractivity contribution >= 4 is 58.0 Å². The largest absolute Gasteiger partial charge is 0.326 e. The van der Waals surface area contributed by atoms with Gasteiger partial charge in [-0.05, 0) is 54.4 Å². The Morgan fingerprint density at radius 3 is 2.29 bits per heavy atom. The summed E-state index contributed by atoms with van der Waals surface area (Å²) in [4.78, 5) is 25.5. The predicted molar refractivity (Wildman–Crippen MR) is 126 cm³/mol. The molecular weight excluding hydrogens is 531 g/mol. The predicted octanol–water partition coefficient (Wildman–Crippen LogP) is 6.98. The number of hydrogen-bond acceptors (Lipinski definition) is 2. The van der Waals surface area contributed by atoms with Crippen molar-refractivity contribution in [3.05, 3.63) is 93.5 Å². The van der Waals surface area contributed by atoms with E-state index in [2.05, 4.69) is 10.6 Å². The smallest absolute Gasteiger partial charge is 0.258 e. The van der Waals surface area contributed by atoms with Crippen LogP contribution in [0.5, 0.6) is 0 Å². The maximum absolute atomic E-state index is 14.7. The molecule has 0 spiro atoms. The van der Waals surface area contributed by atoms with Crippen molar-refractivity contribution in [2.45, 2.75) is 17.2 Å². The van der Waals surface area contributed by atoms with Gasteiger partial charge in [0.1, 0.15) is 27.6 Å². The van der Waals surface area contributed by atoms with E-state index < -0.39 is 56.8 Å². The Kier molecular flexibility index (Phi) is 6.74. The van der Waals surface area contributed by atoms with Crippen LogP contribution >= 0.6 is 34.8 Å². The normalized spacial score (nSPS) is 18.2. The van der Waals surface area contributed by atoms with E-state index >= 15 is 0 Å². The van der Waals surface area contributed by atoms with Crippen LogP contribution < -0.4 is 10.6 Å². The molecule has 1 aliphatic carbocycles. The molecular formula is C24H15Cl3F4N2O2. The molecule has 0 radical (unpaired) electrons. The van der Waals surface area contributed by atoms with Crippen LogP contribution in [0.15, 0.2) is 48.5 Å². The molecule has 182 valence electrons. The first-order chi connectivity index (χ1) is 16.4. The first-order valence-corrected chi connectivity index (χ1v) is 11.2. The standard InChI is InChI=1S/C24H15Cl3F4N2O2/c1-10-6-13(9-14(21(10)31)22(34)33-18-5-3-12(28)8-17(18)30)32-23(35)20-19(24(20,26)27)11-2-4-16(29)15(25)7-11/h2-9,19-20H,1H3,(H,32,35)(H,33,34). The maximum atomic E-state index is 14.7. The average molecular weight is 546 g/mol. The van der Waals surface area contributed by atoms with Gasteiger partial charge in [0.2, 0.25) is 5.91 Å². The van der Waals surface area contributed by atoms with Crippen molar-refractivity contribution in [2.75, 3.05) is 10.6 Å². The zero-order valence-corrected chi connectivity index (χ0v) is 20.0. The highest BCUT2D eigenvalue weighted by Gasteiger charge is 2.67. The molecule has 35 heavy (non-hydrogen) atoms. The van der Waals surface area contributed by atoms with E-state index in [4.69, 9.17) is 34.8 Å². The summed E-state index contributed by atoms with van der Waals surface area (Å²) in [6.45, 7) is 1.37. The lowest BCUT2D eigenvalue weighted by Crippen LogP contribution is -2.19. The number of aryl methyl sites for hydroxylation is 1. The molecule has 2 atom stereocenters. The van der Waals surface area contributed by atoms with Crippen LogP contribution in [0.3, 0.4) is 0 Å². The zero-order valence-electron chi connectivity index (χ0n) is 17.7. The van der Waals surface area contributed by atoms with E-state index in [0.717, 1.165) is 24.3 Å². The molecule has 0 aromatic heterocycles. The molecule has 2 amide bonds. The fraction of sp³-hybridized carbons (Fsp3) is 0.167.